The summed E-state index contributed by atoms with van der Waals surface area (Å²) in [6.45, 7) is 17.1. The van der Waals surface area contributed by atoms with Gasteiger partial charge in [0.15, 0.2) is 0 Å². The first-order chi connectivity index (χ1) is 57.3. The molecule has 4 unspecified atom stereocenters. The molecule has 18 rings (SSSR count). The molecule has 0 bridgehead atoms. The van der Waals surface area contributed by atoms with E-state index in [9.17, 15) is 0 Å². The van der Waals surface area contributed by atoms with Crippen molar-refractivity contribution in [1.29, 1.82) is 1.28 Å². The fraction of sp³-hybridized carbons (Fsp3) is 0.173. The van der Waals surface area contributed by atoms with Gasteiger partial charge in [-0.15, -0.1) is 108 Å². The zero-order chi connectivity index (χ0) is 81.6. The van der Waals surface area contributed by atoms with Gasteiger partial charge >= 0.3 is 71.5 Å². The minimum Gasteiger partial charge on any atom is -0.577 e. The second-order valence-electron chi connectivity index (χ2n) is 29.5. The molecule has 8 nitrogen and oxygen atoms in total. The quantitative estimate of drug-likeness (QED) is 0.0255. The molecule has 5 heterocycles. The predicted molar refractivity (Wildman–Crippen MR) is 531 cm³/mol. The van der Waals surface area contributed by atoms with Gasteiger partial charge in [0.1, 0.15) is 0 Å². The van der Waals surface area contributed by atoms with Crippen LogP contribution in [0.15, 0.2) is 388 Å². The zero-order valence-corrected chi connectivity index (χ0v) is 78.5. The van der Waals surface area contributed by atoms with Gasteiger partial charge in [-0.2, -0.15) is 9.06 Å². The monoisotopic (exact) mass is 1900 g/mol. The first kappa shape index (κ1) is 105. The first-order valence-electron chi connectivity index (χ1n) is 40.1. The van der Waals surface area contributed by atoms with Crippen molar-refractivity contribution < 1.29 is 90.0 Å². The second kappa shape index (κ2) is 54.9. The fourth-order valence-corrected chi connectivity index (χ4v) is 14.3. The molecule has 12 aromatic carbocycles. The van der Waals surface area contributed by atoms with Crippen molar-refractivity contribution in [3.05, 3.63) is 450 Å². The Morgan fingerprint density at radius 2 is 0.815 bits per heavy atom. The fourth-order valence-electron chi connectivity index (χ4n) is 14.3. The molecular formula is C110H115BIrKN8P2V. The first-order valence-corrected chi connectivity index (χ1v) is 40.2. The van der Waals surface area contributed by atoms with Crippen LogP contribution >= 0.6 is 19.0 Å². The number of nitrogens with zero attached hydrogens (tertiary/aromatic N) is 8. The average molecular weight is 1910 g/mol. The molecule has 0 saturated carbocycles. The molecule has 0 N–H and O–H groups in total. The van der Waals surface area contributed by atoms with Gasteiger partial charge in [-0.3, -0.25) is 0 Å². The van der Waals surface area contributed by atoms with E-state index in [2.05, 4.69) is 345 Å². The normalized spacial score (nSPS) is 11.5. The van der Waals surface area contributed by atoms with Gasteiger partial charge in [0.05, 0.1) is 14.1 Å². The molecule has 4 atom stereocenters. The Bertz CT molecular complexity index is 5630. The minimum atomic E-state index is -0.167. The molecule has 0 aliphatic heterocycles. The van der Waals surface area contributed by atoms with E-state index in [0.29, 0.717) is 24.4 Å². The predicted octanol–water partition coefficient (Wildman–Crippen LogP) is 28.3. The van der Waals surface area contributed by atoms with Gasteiger partial charge in [-0.05, 0) is 163 Å². The summed E-state index contributed by atoms with van der Waals surface area (Å²) in [5.41, 5.74) is 34.2. The van der Waals surface area contributed by atoms with E-state index in [0.717, 1.165) is 58.7 Å². The number of pyridine rings is 3. The molecule has 0 fully saturated rings. The van der Waals surface area contributed by atoms with Crippen molar-refractivity contribution in [2.45, 2.75) is 127 Å². The van der Waals surface area contributed by atoms with Gasteiger partial charge in [0.25, 0.3) is 0 Å². The van der Waals surface area contributed by atoms with Crippen molar-refractivity contribution >= 4 is 81.3 Å². The molecule has 5 aromatic heterocycles. The maximum absolute atomic E-state index is 8.51. The van der Waals surface area contributed by atoms with Crippen molar-refractivity contribution in [2.24, 2.45) is 5.11 Å². The van der Waals surface area contributed by atoms with E-state index in [4.69, 9.17) is 6.81 Å². The standard InChI is InChI=1S/C30H28N4.C27H26.C16H17N.3C11H8N.4CH4.BH2P.Ir.K.H2P.V/c1-21(25-15-11-23(12-16-25)19-32-33-31)22(2)26-17-13-24(14-18-26)20-34-29-9-5-3-7-27(29)28-8-4-6-10-30(28)34;1-27(2,3)26-17-15-23(16-18-26)25-14-13-24(19-25)22-11-9-21(10-12-22)20-7-5-4-6-8-20;1-3-12(2)17-15-10-6-4-8-13(15)14-9-5-7-11-16(14)17;3*1-2-6-10(7-3-1)11-8-4-5-9-12-11;;;;;1-2;;;;/h3-18,21-22H,19-20H2,1-2H3;4-12,14-19H,13H2,1-3H3;4-12H,3H2,1-2H3;3*1-6,8-9H;4*1H4;2H2;;;1H2;/q;;;3*-1;;;;;;+3;+1;-1;/i;;;;;;;;;;2D;;;;. The van der Waals surface area contributed by atoms with Crippen LogP contribution in [0.3, 0.4) is 0 Å². The van der Waals surface area contributed by atoms with E-state index >= 15 is 0 Å². The number of aromatic nitrogens is 5. The van der Waals surface area contributed by atoms with Gasteiger partial charge in [-0.25, -0.2) is 0 Å². The number of benzene rings is 12. The molecule has 3 radical (unpaired) electrons. The van der Waals surface area contributed by atoms with E-state index in [1.165, 1.54) is 99.3 Å². The van der Waals surface area contributed by atoms with Gasteiger partial charge in [-0.1, -0.05) is 325 Å². The van der Waals surface area contributed by atoms with Crippen LogP contribution in [0.25, 0.3) is 110 Å². The summed E-state index contributed by atoms with van der Waals surface area (Å²) < 4.78 is 10.9. The van der Waals surface area contributed by atoms with Crippen molar-refractivity contribution in [3.63, 3.8) is 0 Å². The van der Waals surface area contributed by atoms with E-state index in [1.54, 1.807) is 18.6 Å². The summed E-state index contributed by atoms with van der Waals surface area (Å²) in [5, 5.41) is 8.99. The van der Waals surface area contributed by atoms with E-state index in [1.807, 2.05) is 127 Å². The Labute approximate surface area is 815 Å². The van der Waals surface area contributed by atoms with E-state index in [-0.39, 0.29) is 144 Å². The number of fused-ring (bicyclic) bond motifs is 6. The van der Waals surface area contributed by atoms with Crippen molar-refractivity contribution in [2.75, 3.05) is 0 Å². The summed E-state index contributed by atoms with van der Waals surface area (Å²) in [6, 6.07) is 132. The van der Waals surface area contributed by atoms with Crippen LogP contribution < -0.4 is 51.4 Å². The number of hydrogen-bond donors (Lipinski definition) is 0. The van der Waals surface area contributed by atoms with Crippen molar-refractivity contribution in [3.8, 4) is 44.9 Å². The third-order valence-corrected chi connectivity index (χ3v) is 21.0. The molecule has 1 aliphatic carbocycles. The molecule has 0 spiro atoms. The molecule has 124 heavy (non-hydrogen) atoms. The largest absolute Gasteiger partial charge is 3.00 e. The summed E-state index contributed by atoms with van der Waals surface area (Å²) in [6.07, 6.45) is 12.2. The van der Waals surface area contributed by atoms with Crippen LogP contribution in [0.4, 0.5) is 0 Å². The zero-order valence-electron chi connectivity index (χ0n) is 70.4. The summed E-state index contributed by atoms with van der Waals surface area (Å²) in [7, 11) is 4.38. The Morgan fingerprint density at radius 3 is 1.19 bits per heavy atom. The third kappa shape index (κ3) is 28.9. The molecule has 14 heteroatoms. The van der Waals surface area contributed by atoms with Gasteiger partial charge in [0.2, 0.25) is 0 Å². The number of hydrogen-bond acceptors (Lipinski definition) is 4. The summed E-state index contributed by atoms with van der Waals surface area (Å²) >= 11 is 0. The number of azide groups is 1. The number of para-hydroxylation sites is 4. The Balaban J connectivity index is 0.000000323. The topological polar surface area (TPSA) is 97.3 Å². The second-order valence-corrected chi connectivity index (χ2v) is 29.5. The SMILES string of the molecule is C.C.C.C.CC(C)(C)c1ccc(C2=CCC(c3ccc(-c4ccccc4)cc3)=C2)cc1.CC(c1ccc(CN=[N+]=[N-])cc1)C(C)c1ccc(Cn2c3ccccc3c3ccccc32)cc1.CCC(C)n1c2ccccc2c2ccccc21.[2H]P[B].[Ir+3].[K+].[PH2-].[V].[c-]1ccccc1-c1ccccn1.[c-]1ccccc1-c1ccccn1.[c-]1ccccc1-c1ccccn1. The maximum Gasteiger partial charge on any atom is 3.00 e. The third-order valence-electron chi connectivity index (χ3n) is 21.0. The molecule has 0 amide bonds. The van der Waals surface area contributed by atoms with Gasteiger partial charge < -0.3 is 34.0 Å². The average Bonchev–Trinajstić information content (AvgIpc) is 1.62. The molecular weight excluding hydrogens is 1790 g/mol. The molecule has 0 saturated heterocycles. The van der Waals surface area contributed by atoms with Crippen LogP contribution in [-0.2, 0) is 57.2 Å². The smallest absolute Gasteiger partial charge is 0.577 e. The van der Waals surface area contributed by atoms with Crippen LogP contribution in [-0.4, -0.2) is 32.9 Å². The Hall–Kier alpha value is -9.72. The number of rotatable bonds is 15. The number of allylic oxidation sites excluding steroid dienone is 4. The van der Waals surface area contributed by atoms with Crippen LogP contribution in [0.5, 0.6) is 0 Å². The Morgan fingerprint density at radius 1 is 0.460 bits per heavy atom. The minimum absolute atomic E-state index is 0. The molecule has 17 aromatic rings. The van der Waals surface area contributed by atoms with Crippen LogP contribution in [0, 0.1) is 18.2 Å². The molecule has 623 valence electrons. The van der Waals surface area contributed by atoms with Crippen LogP contribution in [0.2, 0.25) is 0 Å². The van der Waals surface area contributed by atoms with Crippen LogP contribution in [0.1, 0.15) is 148 Å². The summed E-state index contributed by atoms with van der Waals surface area (Å²) in [4.78, 5) is 15.5. The Kier molecular flexibility index (Phi) is 46.4. The van der Waals surface area contributed by atoms with Gasteiger partial charge in [0, 0.05) is 99.5 Å². The molecule has 1 aliphatic rings. The van der Waals surface area contributed by atoms with Crippen molar-refractivity contribution in [1.82, 2.24) is 24.1 Å². The summed E-state index contributed by atoms with van der Waals surface area (Å²) in [5.74, 6) is 0.780. The van der Waals surface area contributed by atoms with E-state index < -0.39 is 0 Å². The maximum atomic E-state index is 8.51.